The smallest absolute Gasteiger partial charge is 0.288 e. The van der Waals surface area contributed by atoms with E-state index < -0.39 is 22.8 Å². The largest absolute Gasteiger partial charge is 0.340 e. The summed E-state index contributed by atoms with van der Waals surface area (Å²) in [5.41, 5.74) is 0.758. The van der Waals surface area contributed by atoms with E-state index in [1.807, 2.05) is 0 Å². The Bertz CT molecular complexity index is 966. The van der Waals surface area contributed by atoms with E-state index in [0.717, 1.165) is 6.07 Å². The molecular weight excluding hydrogens is 382 g/mol. The molecule has 144 valence electrons. The standard InChI is InChI=1S/C20H18ClN3O4/c1-4-13-6-5-7-15(10-13)22-20(26)18(12(2)3)23-19(25)14-8-9-16(21)17(11-14)24(27)28/h1,5-12,18H,2-3H3,(H,22,26)(H,23,25). The third-order valence-corrected chi connectivity index (χ3v) is 4.26. The Morgan fingerprint density at radius 1 is 1.21 bits per heavy atom. The Labute approximate surface area is 167 Å². The maximum atomic E-state index is 12.6. The van der Waals surface area contributed by atoms with Crippen LogP contribution in [0, 0.1) is 28.4 Å². The van der Waals surface area contributed by atoms with E-state index in [1.165, 1.54) is 12.1 Å². The average Bonchev–Trinajstić information content (AvgIpc) is 2.65. The molecule has 8 heteroatoms. The van der Waals surface area contributed by atoms with E-state index >= 15 is 0 Å². The summed E-state index contributed by atoms with van der Waals surface area (Å²) in [6.45, 7) is 3.54. The van der Waals surface area contributed by atoms with Crippen molar-refractivity contribution >= 4 is 34.8 Å². The van der Waals surface area contributed by atoms with Gasteiger partial charge in [-0.15, -0.1) is 6.42 Å². The number of amides is 2. The molecule has 0 saturated carbocycles. The van der Waals surface area contributed by atoms with E-state index in [4.69, 9.17) is 18.0 Å². The first-order valence-electron chi connectivity index (χ1n) is 8.35. The van der Waals surface area contributed by atoms with Gasteiger partial charge in [0.1, 0.15) is 11.1 Å². The summed E-state index contributed by atoms with van der Waals surface area (Å²) in [7, 11) is 0. The highest BCUT2D eigenvalue weighted by Gasteiger charge is 2.26. The first-order chi connectivity index (χ1) is 13.2. The van der Waals surface area contributed by atoms with Gasteiger partial charge >= 0.3 is 0 Å². The van der Waals surface area contributed by atoms with Crippen molar-refractivity contribution in [3.8, 4) is 12.3 Å². The molecule has 0 saturated heterocycles. The van der Waals surface area contributed by atoms with Crippen molar-refractivity contribution in [3.05, 3.63) is 68.7 Å². The number of anilines is 1. The molecule has 2 aromatic rings. The maximum absolute atomic E-state index is 12.6. The lowest BCUT2D eigenvalue weighted by Crippen LogP contribution is -2.47. The minimum absolute atomic E-state index is 0.0314. The van der Waals surface area contributed by atoms with Crippen molar-refractivity contribution in [1.29, 1.82) is 0 Å². The molecule has 2 N–H and O–H groups in total. The van der Waals surface area contributed by atoms with Gasteiger partial charge in [-0.2, -0.15) is 0 Å². The molecule has 1 unspecified atom stereocenters. The first kappa shape index (κ1) is 20.9. The highest BCUT2D eigenvalue weighted by Crippen LogP contribution is 2.25. The predicted molar refractivity (Wildman–Crippen MR) is 107 cm³/mol. The molecule has 0 aliphatic rings. The fourth-order valence-corrected chi connectivity index (χ4v) is 2.65. The predicted octanol–water partition coefficient (Wildman–Crippen LogP) is 3.62. The Balaban J connectivity index is 2.19. The summed E-state index contributed by atoms with van der Waals surface area (Å²) >= 11 is 5.77. The number of nitrogens with zero attached hydrogens (tertiary/aromatic N) is 1. The van der Waals surface area contributed by atoms with Gasteiger partial charge in [0.05, 0.1) is 4.92 Å². The summed E-state index contributed by atoms with van der Waals surface area (Å²) in [5, 5.41) is 16.3. The molecular formula is C20H18ClN3O4. The maximum Gasteiger partial charge on any atom is 0.288 e. The molecule has 28 heavy (non-hydrogen) atoms. The van der Waals surface area contributed by atoms with Gasteiger partial charge in [-0.25, -0.2) is 0 Å². The van der Waals surface area contributed by atoms with Crippen molar-refractivity contribution in [2.24, 2.45) is 5.92 Å². The Morgan fingerprint density at radius 3 is 2.54 bits per heavy atom. The molecule has 0 heterocycles. The van der Waals surface area contributed by atoms with Crippen LogP contribution < -0.4 is 10.6 Å². The molecule has 1 atom stereocenters. The number of benzene rings is 2. The van der Waals surface area contributed by atoms with Crippen LogP contribution in [-0.4, -0.2) is 22.8 Å². The van der Waals surface area contributed by atoms with Crippen molar-refractivity contribution in [1.82, 2.24) is 5.32 Å². The van der Waals surface area contributed by atoms with Gasteiger partial charge in [-0.1, -0.05) is 37.4 Å². The van der Waals surface area contributed by atoms with Crippen LogP contribution in [0.25, 0.3) is 0 Å². The summed E-state index contributed by atoms with van der Waals surface area (Å²) in [6, 6.07) is 9.59. The van der Waals surface area contributed by atoms with E-state index in [9.17, 15) is 19.7 Å². The molecule has 2 aromatic carbocycles. The van der Waals surface area contributed by atoms with Crippen molar-refractivity contribution in [2.75, 3.05) is 5.32 Å². The van der Waals surface area contributed by atoms with Gasteiger partial charge in [-0.3, -0.25) is 19.7 Å². The average molecular weight is 400 g/mol. The number of nitro benzene ring substituents is 1. The lowest BCUT2D eigenvalue weighted by molar-refractivity contribution is -0.384. The highest BCUT2D eigenvalue weighted by atomic mass is 35.5. The van der Waals surface area contributed by atoms with Gasteiger partial charge < -0.3 is 10.6 Å². The normalized spacial score (nSPS) is 11.4. The number of halogens is 1. The van der Waals surface area contributed by atoms with Gasteiger partial charge in [0.15, 0.2) is 0 Å². The second-order valence-electron chi connectivity index (χ2n) is 6.33. The van der Waals surface area contributed by atoms with E-state index in [-0.39, 0.29) is 22.2 Å². The van der Waals surface area contributed by atoms with Crippen molar-refractivity contribution < 1.29 is 14.5 Å². The SMILES string of the molecule is C#Cc1cccc(NC(=O)C(NC(=O)c2ccc(Cl)c([N+](=O)[O-])c2)C(C)C)c1. The molecule has 0 aliphatic heterocycles. The van der Waals surface area contributed by atoms with Gasteiger partial charge in [0, 0.05) is 22.9 Å². The highest BCUT2D eigenvalue weighted by molar-refractivity contribution is 6.32. The summed E-state index contributed by atoms with van der Waals surface area (Å²) in [4.78, 5) is 35.5. The number of nitrogens with one attached hydrogen (secondary N) is 2. The molecule has 2 amide bonds. The molecule has 0 aromatic heterocycles. The minimum Gasteiger partial charge on any atom is -0.340 e. The Hall–Kier alpha value is -3.37. The van der Waals surface area contributed by atoms with Crippen LogP contribution in [0.1, 0.15) is 29.8 Å². The van der Waals surface area contributed by atoms with E-state index in [1.54, 1.807) is 38.1 Å². The van der Waals surface area contributed by atoms with Crippen LogP contribution in [0.2, 0.25) is 5.02 Å². The van der Waals surface area contributed by atoms with E-state index in [0.29, 0.717) is 11.3 Å². The van der Waals surface area contributed by atoms with Crippen molar-refractivity contribution in [2.45, 2.75) is 19.9 Å². The number of rotatable bonds is 6. The quantitative estimate of drug-likeness (QED) is 0.440. The van der Waals surface area contributed by atoms with Crippen LogP contribution >= 0.6 is 11.6 Å². The number of hydrogen-bond acceptors (Lipinski definition) is 4. The second-order valence-corrected chi connectivity index (χ2v) is 6.74. The molecule has 2 rings (SSSR count). The fourth-order valence-electron chi connectivity index (χ4n) is 2.46. The lowest BCUT2D eigenvalue weighted by atomic mass is 10.0. The van der Waals surface area contributed by atoms with Crippen LogP contribution in [0.15, 0.2) is 42.5 Å². The second kappa shape index (κ2) is 9.02. The molecule has 0 fully saturated rings. The Kier molecular flexibility index (Phi) is 6.74. The molecule has 0 radical (unpaired) electrons. The summed E-state index contributed by atoms with van der Waals surface area (Å²) in [5.74, 6) is 1.20. The van der Waals surface area contributed by atoms with Crippen molar-refractivity contribution in [3.63, 3.8) is 0 Å². The zero-order valence-electron chi connectivity index (χ0n) is 15.2. The number of carbonyl (C=O) groups excluding carboxylic acids is 2. The fraction of sp³-hybridized carbons (Fsp3) is 0.200. The molecule has 0 bridgehead atoms. The van der Waals surface area contributed by atoms with Gasteiger partial charge in [-0.05, 0) is 36.2 Å². The molecule has 0 spiro atoms. The van der Waals surface area contributed by atoms with Crippen LogP contribution in [0.3, 0.4) is 0 Å². The molecule has 7 nitrogen and oxygen atoms in total. The number of nitro groups is 1. The Morgan fingerprint density at radius 2 is 1.93 bits per heavy atom. The number of carbonyl (C=O) groups is 2. The lowest BCUT2D eigenvalue weighted by Gasteiger charge is -2.22. The molecule has 0 aliphatic carbocycles. The summed E-state index contributed by atoms with van der Waals surface area (Å²) in [6.07, 6.45) is 5.35. The first-order valence-corrected chi connectivity index (χ1v) is 8.73. The minimum atomic E-state index is -0.864. The number of terminal acetylenes is 1. The van der Waals surface area contributed by atoms with Gasteiger partial charge in [0.25, 0.3) is 11.6 Å². The van der Waals surface area contributed by atoms with E-state index in [2.05, 4.69) is 16.6 Å². The third-order valence-electron chi connectivity index (χ3n) is 3.94. The van der Waals surface area contributed by atoms with Crippen LogP contribution in [0.4, 0.5) is 11.4 Å². The zero-order chi connectivity index (χ0) is 20.8. The monoisotopic (exact) mass is 399 g/mol. The topological polar surface area (TPSA) is 101 Å². The van der Waals surface area contributed by atoms with Crippen LogP contribution in [-0.2, 0) is 4.79 Å². The number of hydrogen-bond donors (Lipinski definition) is 2. The van der Waals surface area contributed by atoms with Crippen LogP contribution in [0.5, 0.6) is 0 Å². The zero-order valence-corrected chi connectivity index (χ0v) is 16.0. The van der Waals surface area contributed by atoms with Gasteiger partial charge in [0.2, 0.25) is 5.91 Å². The third kappa shape index (κ3) is 5.09. The summed E-state index contributed by atoms with van der Waals surface area (Å²) < 4.78 is 0.